The zero-order chi connectivity index (χ0) is 14.7. The highest BCUT2D eigenvalue weighted by molar-refractivity contribution is 7.17. The highest BCUT2D eigenvalue weighted by Gasteiger charge is 2.08. The van der Waals surface area contributed by atoms with E-state index in [0.29, 0.717) is 5.95 Å². The van der Waals surface area contributed by atoms with E-state index in [1.54, 1.807) is 22.7 Å². The molecule has 3 aromatic rings. The van der Waals surface area contributed by atoms with Gasteiger partial charge in [-0.2, -0.15) is 4.98 Å². The van der Waals surface area contributed by atoms with E-state index in [-0.39, 0.29) is 0 Å². The van der Waals surface area contributed by atoms with Gasteiger partial charge in [0.25, 0.3) is 0 Å². The minimum absolute atomic E-state index is 0.675. The van der Waals surface area contributed by atoms with Gasteiger partial charge in [-0.15, -0.1) is 22.7 Å². The van der Waals surface area contributed by atoms with Gasteiger partial charge in [-0.05, 0) is 36.9 Å². The van der Waals surface area contributed by atoms with Crippen LogP contribution in [0.3, 0.4) is 0 Å². The number of nitrogens with one attached hydrogen (secondary N) is 2. The van der Waals surface area contributed by atoms with Crippen molar-refractivity contribution in [2.45, 2.75) is 13.3 Å². The molecule has 0 atom stereocenters. The van der Waals surface area contributed by atoms with Crippen molar-refractivity contribution < 1.29 is 0 Å². The van der Waals surface area contributed by atoms with Gasteiger partial charge >= 0.3 is 0 Å². The molecule has 0 fully saturated rings. The van der Waals surface area contributed by atoms with Crippen LogP contribution in [0.5, 0.6) is 0 Å². The number of hydrogen-bond donors (Lipinski definition) is 2. The monoisotopic (exact) mass is 338 g/mol. The molecule has 0 aliphatic carbocycles. The number of anilines is 2. The molecule has 0 saturated heterocycles. The first kappa shape index (κ1) is 14.6. The summed E-state index contributed by atoms with van der Waals surface area (Å²) in [5.41, 5.74) is 0. The SMILES string of the molecule is CCNc1nc(NCCc2ccc(Cl)s2)c2ccsc2n1. The minimum Gasteiger partial charge on any atom is -0.369 e. The lowest BCUT2D eigenvalue weighted by Gasteiger charge is -2.08. The van der Waals surface area contributed by atoms with E-state index in [4.69, 9.17) is 11.6 Å². The summed E-state index contributed by atoms with van der Waals surface area (Å²) in [5, 5.41) is 9.70. The summed E-state index contributed by atoms with van der Waals surface area (Å²) in [6.45, 7) is 3.67. The number of thiophene rings is 2. The Kier molecular flexibility index (Phi) is 4.57. The lowest BCUT2D eigenvalue weighted by Crippen LogP contribution is -2.09. The van der Waals surface area contributed by atoms with Gasteiger partial charge in [-0.3, -0.25) is 0 Å². The molecule has 3 heterocycles. The topological polar surface area (TPSA) is 49.8 Å². The van der Waals surface area contributed by atoms with Crippen molar-refractivity contribution in [3.05, 3.63) is 32.8 Å². The molecule has 0 spiro atoms. The van der Waals surface area contributed by atoms with Crippen LogP contribution in [0.15, 0.2) is 23.6 Å². The second-order valence-electron chi connectivity index (χ2n) is 4.45. The molecular formula is C14H15ClN4S2. The van der Waals surface area contributed by atoms with Crippen LogP contribution in [-0.2, 0) is 6.42 Å². The van der Waals surface area contributed by atoms with Gasteiger partial charge in [0, 0.05) is 18.0 Å². The van der Waals surface area contributed by atoms with Crippen molar-refractivity contribution in [2.75, 3.05) is 23.7 Å². The third-order valence-corrected chi connectivity index (χ3v) is 5.05. The molecule has 3 aromatic heterocycles. The van der Waals surface area contributed by atoms with E-state index in [1.807, 2.05) is 18.4 Å². The maximum atomic E-state index is 5.95. The van der Waals surface area contributed by atoms with Gasteiger partial charge < -0.3 is 10.6 Å². The lowest BCUT2D eigenvalue weighted by molar-refractivity contribution is 1.02. The third-order valence-electron chi connectivity index (χ3n) is 2.95. The van der Waals surface area contributed by atoms with E-state index in [2.05, 4.69) is 32.7 Å². The van der Waals surface area contributed by atoms with Gasteiger partial charge in [0.1, 0.15) is 10.6 Å². The second kappa shape index (κ2) is 6.60. The average molecular weight is 339 g/mol. The number of aromatic nitrogens is 2. The zero-order valence-electron chi connectivity index (χ0n) is 11.5. The van der Waals surface area contributed by atoms with Crippen molar-refractivity contribution in [1.82, 2.24) is 9.97 Å². The van der Waals surface area contributed by atoms with Gasteiger partial charge in [-0.1, -0.05) is 11.6 Å². The van der Waals surface area contributed by atoms with Gasteiger partial charge in [0.05, 0.1) is 9.72 Å². The fourth-order valence-electron chi connectivity index (χ4n) is 2.02. The van der Waals surface area contributed by atoms with Gasteiger partial charge in [0.15, 0.2) is 0 Å². The van der Waals surface area contributed by atoms with Crippen LogP contribution in [0, 0.1) is 0 Å². The summed E-state index contributed by atoms with van der Waals surface area (Å²) in [7, 11) is 0. The molecule has 0 aromatic carbocycles. The third kappa shape index (κ3) is 3.45. The summed E-state index contributed by atoms with van der Waals surface area (Å²) in [6, 6.07) is 6.06. The summed E-state index contributed by atoms with van der Waals surface area (Å²) in [4.78, 5) is 11.3. The fourth-order valence-corrected chi connectivity index (χ4v) is 3.87. The summed E-state index contributed by atoms with van der Waals surface area (Å²) < 4.78 is 0.835. The van der Waals surface area contributed by atoms with E-state index in [0.717, 1.165) is 39.9 Å². The number of halogens is 1. The molecule has 3 rings (SSSR count). The molecular weight excluding hydrogens is 324 g/mol. The van der Waals surface area contributed by atoms with Crippen LogP contribution in [0.4, 0.5) is 11.8 Å². The summed E-state index contributed by atoms with van der Waals surface area (Å²) in [6.07, 6.45) is 0.934. The highest BCUT2D eigenvalue weighted by atomic mass is 35.5. The summed E-state index contributed by atoms with van der Waals surface area (Å²) >= 11 is 9.20. The minimum atomic E-state index is 0.675. The van der Waals surface area contributed by atoms with Crippen LogP contribution in [0.2, 0.25) is 4.34 Å². The van der Waals surface area contributed by atoms with E-state index < -0.39 is 0 Å². The van der Waals surface area contributed by atoms with Crippen LogP contribution >= 0.6 is 34.3 Å². The average Bonchev–Trinajstić information content (AvgIpc) is 3.08. The van der Waals surface area contributed by atoms with Crippen LogP contribution in [0.1, 0.15) is 11.8 Å². The Morgan fingerprint density at radius 2 is 2.10 bits per heavy atom. The molecule has 0 radical (unpaired) electrons. The zero-order valence-corrected chi connectivity index (χ0v) is 13.9. The Morgan fingerprint density at radius 1 is 1.19 bits per heavy atom. The Hall–Kier alpha value is -1.37. The predicted octanol–water partition coefficient (Wildman–Crippen LogP) is 4.49. The molecule has 0 aliphatic rings. The molecule has 0 amide bonds. The fraction of sp³-hybridized carbons (Fsp3) is 0.286. The second-order valence-corrected chi connectivity index (χ2v) is 7.14. The maximum Gasteiger partial charge on any atom is 0.226 e. The predicted molar refractivity (Wildman–Crippen MR) is 93.1 cm³/mol. The van der Waals surface area contributed by atoms with Crippen molar-refractivity contribution in [3.8, 4) is 0 Å². The first-order valence-corrected chi connectivity index (χ1v) is 8.81. The highest BCUT2D eigenvalue weighted by Crippen LogP contribution is 2.27. The Balaban J connectivity index is 1.74. The van der Waals surface area contributed by atoms with Gasteiger partial charge in [0.2, 0.25) is 5.95 Å². The van der Waals surface area contributed by atoms with Crippen LogP contribution < -0.4 is 10.6 Å². The first-order valence-electron chi connectivity index (χ1n) is 6.73. The number of rotatable bonds is 6. The standard InChI is InChI=1S/C14H15ClN4S2/c1-2-16-14-18-12(10-6-8-20-13(10)19-14)17-7-5-9-3-4-11(15)21-9/h3-4,6,8H,2,5,7H2,1H3,(H2,16,17,18,19). The van der Waals surface area contributed by atoms with Crippen molar-refractivity contribution in [2.24, 2.45) is 0 Å². The lowest BCUT2D eigenvalue weighted by atomic mass is 10.3. The van der Waals surface area contributed by atoms with E-state index >= 15 is 0 Å². The van der Waals surface area contributed by atoms with Crippen molar-refractivity contribution >= 4 is 56.3 Å². The summed E-state index contributed by atoms with van der Waals surface area (Å²) in [5.74, 6) is 1.56. The number of fused-ring (bicyclic) bond motifs is 1. The molecule has 4 nitrogen and oxygen atoms in total. The molecule has 0 unspecified atom stereocenters. The Bertz CT molecular complexity index is 737. The van der Waals surface area contributed by atoms with Crippen molar-refractivity contribution in [3.63, 3.8) is 0 Å². The van der Waals surface area contributed by atoms with Gasteiger partial charge in [-0.25, -0.2) is 4.98 Å². The number of nitrogens with zero attached hydrogens (tertiary/aromatic N) is 2. The molecule has 110 valence electrons. The molecule has 7 heteroatoms. The largest absolute Gasteiger partial charge is 0.369 e. The number of hydrogen-bond acceptors (Lipinski definition) is 6. The quantitative estimate of drug-likeness (QED) is 0.695. The smallest absolute Gasteiger partial charge is 0.226 e. The Labute approximate surface area is 136 Å². The van der Waals surface area contributed by atoms with Crippen molar-refractivity contribution in [1.29, 1.82) is 0 Å². The molecule has 2 N–H and O–H groups in total. The van der Waals surface area contributed by atoms with Crippen LogP contribution in [0.25, 0.3) is 10.2 Å². The van der Waals surface area contributed by atoms with E-state index in [9.17, 15) is 0 Å². The molecule has 21 heavy (non-hydrogen) atoms. The first-order chi connectivity index (χ1) is 10.3. The normalized spacial score (nSPS) is 11.0. The van der Waals surface area contributed by atoms with E-state index in [1.165, 1.54) is 4.88 Å². The Morgan fingerprint density at radius 3 is 2.86 bits per heavy atom. The maximum absolute atomic E-state index is 5.95. The van der Waals surface area contributed by atoms with Crippen LogP contribution in [-0.4, -0.2) is 23.1 Å². The molecule has 0 bridgehead atoms. The molecule has 0 saturated carbocycles. The molecule has 0 aliphatic heterocycles.